The number of allylic oxidation sites excluding steroid dienone is 2. The first-order valence-corrected chi connectivity index (χ1v) is 14.3. The third-order valence-corrected chi connectivity index (χ3v) is 9.01. The maximum Gasteiger partial charge on any atom is 0.255 e. The van der Waals surface area contributed by atoms with Gasteiger partial charge in [-0.2, -0.15) is 0 Å². The van der Waals surface area contributed by atoms with Gasteiger partial charge in [-0.25, -0.2) is 0 Å². The largest absolute Gasteiger partial charge is 0.511 e. The number of nitrogens with two attached hydrogens (primary N) is 1. The third kappa shape index (κ3) is 4.28. The highest BCUT2D eigenvalue weighted by atomic mass is 32.1. The fraction of sp³-hybridized carbons (Fsp3) is 0.250. The Morgan fingerprint density at radius 3 is 2.41 bits per heavy atom. The molecule has 8 N–H and O–H groups in total. The molecule has 3 aliphatic carbocycles. The number of amides is 1. The number of nitrogens with one attached hydrogen (secondary N) is 2. The summed E-state index contributed by atoms with van der Waals surface area (Å²) in [7, 11) is 3.56. The zero-order chi connectivity index (χ0) is 31.7. The summed E-state index contributed by atoms with van der Waals surface area (Å²) in [6.07, 6.45) is -0.0464. The molecule has 0 radical (unpaired) electrons. The van der Waals surface area contributed by atoms with Crippen LogP contribution in [0.4, 0.5) is 17.1 Å². The van der Waals surface area contributed by atoms with Gasteiger partial charge in [0.2, 0.25) is 5.78 Å². The number of carbonyl (C=O) groups excluding carboxylic acids is 3. The lowest BCUT2D eigenvalue weighted by Crippen LogP contribution is -2.57. The number of hydrogen-bond donors (Lipinski definition) is 7. The minimum atomic E-state index is -2.63. The first-order valence-electron chi connectivity index (χ1n) is 13.9. The van der Waals surface area contributed by atoms with E-state index in [2.05, 4.69) is 10.6 Å². The van der Waals surface area contributed by atoms with Gasteiger partial charge in [0, 0.05) is 48.8 Å². The predicted molar refractivity (Wildman–Crippen MR) is 169 cm³/mol. The number of anilines is 3. The van der Waals surface area contributed by atoms with Gasteiger partial charge >= 0.3 is 0 Å². The van der Waals surface area contributed by atoms with Crippen LogP contribution in [0.2, 0.25) is 0 Å². The van der Waals surface area contributed by atoms with Crippen molar-refractivity contribution in [3.63, 3.8) is 0 Å². The van der Waals surface area contributed by atoms with Crippen molar-refractivity contribution in [1.29, 1.82) is 0 Å². The van der Waals surface area contributed by atoms with E-state index in [0.29, 0.717) is 11.3 Å². The number of aliphatic hydroxyl groups is 3. The molecule has 0 saturated heterocycles. The van der Waals surface area contributed by atoms with Gasteiger partial charge in [0.15, 0.2) is 22.2 Å². The number of rotatable bonds is 4. The molecule has 0 heterocycles. The highest BCUT2D eigenvalue weighted by Gasteiger charge is 2.59. The van der Waals surface area contributed by atoms with Gasteiger partial charge < -0.3 is 41.7 Å². The number of aliphatic hydroxyl groups excluding tert-OH is 2. The summed E-state index contributed by atoms with van der Waals surface area (Å²) in [4.78, 5) is 41.0. The maximum absolute atomic E-state index is 14.1. The Morgan fingerprint density at radius 1 is 1.02 bits per heavy atom. The smallest absolute Gasteiger partial charge is 0.255 e. The third-order valence-electron chi connectivity index (χ3n) is 8.81. The van der Waals surface area contributed by atoms with Gasteiger partial charge in [-0.05, 0) is 54.1 Å². The summed E-state index contributed by atoms with van der Waals surface area (Å²) < 4.78 is 0. The van der Waals surface area contributed by atoms with Crippen LogP contribution in [-0.4, -0.2) is 62.7 Å². The van der Waals surface area contributed by atoms with Crippen molar-refractivity contribution in [3.8, 4) is 5.75 Å². The van der Waals surface area contributed by atoms with Gasteiger partial charge in [0.1, 0.15) is 17.1 Å². The molecular weight excluding hydrogens is 584 g/mol. The number of carbonyl (C=O) groups is 3. The predicted octanol–water partition coefficient (Wildman–Crippen LogP) is 3.61. The van der Waals surface area contributed by atoms with Crippen LogP contribution < -0.4 is 21.3 Å². The molecule has 3 aromatic rings. The fourth-order valence-electron chi connectivity index (χ4n) is 6.77. The highest BCUT2D eigenvalue weighted by Crippen LogP contribution is 2.53. The number of aromatic hydroxyl groups is 1. The standard InChI is InChI=1S/C32H30N4O7S/c1-36(2)21-13-20(35-31(44)34-19-9-5-7-14-6-3-4-8-17(14)19)26(38)24-18(21)11-15-10-16-12-22(37)25(30(33)42)29(41)32(16,43)28(40)23(15)27(24)39/h3-9,13,15-16,37-38,40,43H,10-12H2,1-2H3,(H2,33,42)(H2,34,35,44)/t15?,16-,32-/m0/s1. The number of thiocarbonyl (C=S) groups is 1. The molecule has 11 nitrogen and oxygen atoms in total. The Labute approximate surface area is 257 Å². The average molecular weight is 615 g/mol. The molecule has 3 aromatic carbocycles. The van der Waals surface area contributed by atoms with Crippen LogP contribution in [0.1, 0.15) is 28.8 Å². The average Bonchev–Trinajstić information content (AvgIpc) is 2.96. The molecule has 6 rings (SSSR count). The molecule has 44 heavy (non-hydrogen) atoms. The van der Waals surface area contributed by atoms with Crippen molar-refractivity contribution >= 4 is 62.6 Å². The van der Waals surface area contributed by atoms with Crippen molar-refractivity contribution in [2.24, 2.45) is 17.6 Å². The number of phenolic OH excluding ortho intramolecular Hbond substituents is 1. The summed E-state index contributed by atoms with van der Waals surface area (Å²) in [6.45, 7) is 0. The second kappa shape index (κ2) is 10.4. The van der Waals surface area contributed by atoms with Gasteiger partial charge in [-0.1, -0.05) is 36.4 Å². The number of hydrogen-bond acceptors (Lipinski definition) is 9. The lowest BCUT2D eigenvalue weighted by atomic mass is 9.60. The Balaban J connectivity index is 1.41. The molecule has 0 spiro atoms. The summed E-state index contributed by atoms with van der Waals surface area (Å²) >= 11 is 5.56. The number of benzene rings is 3. The van der Waals surface area contributed by atoms with Crippen molar-refractivity contribution in [2.45, 2.75) is 24.9 Å². The van der Waals surface area contributed by atoms with Crippen LogP contribution in [0, 0.1) is 11.8 Å². The number of fused-ring (bicyclic) bond motifs is 4. The fourth-order valence-corrected chi connectivity index (χ4v) is 6.99. The molecule has 1 unspecified atom stereocenters. The Kier molecular flexibility index (Phi) is 6.86. The van der Waals surface area contributed by atoms with Crippen molar-refractivity contribution in [1.82, 2.24) is 0 Å². The molecule has 226 valence electrons. The minimum Gasteiger partial charge on any atom is -0.511 e. The number of nitrogens with zero attached hydrogens (tertiary/aromatic N) is 1. The van der Waals surface area contributed by atoms with E-state index >= 15 is 0 Å². The Bertz CT molecular complexity index is 1880. The number of phenols is 1. The van der Waals surface area contributed by atoms with Crippen molar-refractivity contribution in [2.75, 3.05) is 29.6 Å². The van der Waals surface area contributed by atoms with Crippen LogP contribution >= 0.6 is 12.2 Å². The van der Waals surface area contributed by atoms with Crippen molar-refractivity contribution < 1.29 is 34.8 Å². The van der Waals surface area contributed by atoms with Crippen LogP contribution in [-0.2, 0) is 16.0 Å². The van der Waals surface area contributed by atoms with Crippen LogP contribution in [0.3, 0.4) is 0 Å². The topological polar surface area (TPSA) is 185 Å². The second-order valence-corrected chi connectivity index (χ2v) is 12.0. The van der Waals surface area contributed by atoms with E-state index in [1.807, 2.05) is 42.5 Å². The number of Topliss-reactive ketones (excluding diaryl/α,β-unsaturated/α-hetero) is 2. The quantitative estimate of drug-likeness (QED) is 0.129. The van der Waals surface area contributed by atoms with E-state index in [1.54, 1.807) is 25.1 Å². The summed E-state index contributed by atoms with van der Waals surface area (Å²) in [5.74, 6) is -6.82. The van der Waals surface area contributed by atoms with Crippen LogP contribution in [0.5, 0.6) is 5.75 Å². The molecule has 3 aliphatic rings. The lowest BCUT2D eigenvalue weighted by molar-refractivity contribution is -0.144. The van der Waals surface area contributed by atoms with E-state index in [0.717, 1.165) is 16.5 Å². The number of primary amides is 1. The molecule has 1 amide bonds. The zero-order valence-corrected chi connectivity index (χ0v) is 24.7. The number of ketones is 2. The first-order chi connectivity index (χ1) is 20.8. The van der Waals surface area contributed by atoms with Gasteiger partial charge in [-0.3, -0.25) is 14.4 Å². The second-order valence-electron chi connectivity index (χ2n) is 11.6. The minimum absolute atomic E-state index is 0.0512. The molecule has 0 aliphatic heterocycles. The maximum atomic E-state index is 14.1. The van der Waals surface area contributed by atoms with E-state index in [4.69, 9.17) is 18.0 Å². The monoisotopic (exact) mass is 614 g/mol. The van der Waals surface area contributed by atoms with Gasteiger partial charge in [0.25, 0.3) is 5.91 Å². The summed E-state index contributed by atoms with van der Waals surface area (Å²) in [5, 5.41) is 52.9. The zero-order valence-electron chi connectivity index (χ0n) is 23.8. The summed E-state index contributed by atoms with van der Waals surface area (Å²) in [6, 6.07) is 15.1. The normalized spacial score (nSPS) is 22.7. The molecule has 0 aromatic heterocycles. The first kappa shape index (κ1) is 29.1. The van der Waals surface area contributed by atoms with Gasteiger partial charge in [0.05, 0.1) is 11.3 Å². The molecule has 3 atom stereocenters. The van der Waals surface area contributed by atoms with E-state index in [1.165, 1.54) is 0 Å². The molecule has 12 heteroatoms. The van der Waals surface area contributed by atoms with E-state index < -0.39 is 57.8 Å². The van der Waals surface area contributed by atoms with Crippen LogP contribution in [0.15, 0.2) is 71.2 Å². The SMILES string of the molecule is CN(C)c1cc(NC(=S)Nc2cccc3ccccc23)c(O)c2c1CC1C[C@H]3CC(O)=C(C(N)=O)C(=O)[C@@]3(O)C(O)=C1C2=O. The molecule has 0 bridgehead atoms. The van der Waals surface area contributed by atoms with Crippen LogP contribution in [0.25, 0.3) is 10.8 Å². The highest BCUT2D eigenvalue weighted by molar-refractivity contribution is 7.80. The van der Waals surface area contributed by atoms with E-state index in [-0.39, 0.29) is 41.2 Å². The molecular formula is C32H30N4O7S. The molecule has 0 fully saturated rings. The van der Waals surface area contributed by atoms with E-state index in [9.17, 15) is 34.8 Å². The lowest BCUT2D eigenvalue weighted by Gasteiger charge is -2.46. The van der Waals surface area contributed by atoms with Gasteiger partial charge in [-0.15, -0.1) is 0 Å². The Hall–Kier alpha value is -4.94. The summed E-state index contributed by atoms with van der Waals surface area (Å²) in [5.41, 5.74) is 3.49. The molecule has 0 saturated carbocycles. The van der Waals surface area contributed by atoms with Crippen molar-refractivity contribution in [3.05, 3.63) is 82.3 Å². The Morgan fingerprint density at radius 2 is 1.70 bits per heavy atom.